The van der Waals surface area contributed by atoms with Crippen molar-refractivity contribution in [3.8, 4) is 11.3 Å². The molecule has 0 spiro atoms. The number of nitrogens with zero attached hydrogens (tertiary/aromatic N) is 1. The van der Waals surface area contributed by atoms with Crippen LogP contribution in [0.5, 0.6) is 0 Å². The summed E-state index contributed by atoms with van der Waals surface area (Å²) in [5, 5.41) is 2.95. The summed E-state index contributed by atoms with van der Waals surface area (Å²) in [7, 11) is 0. The topological polar surface area (TPSA) is 74.8 Å². The largest absolute Gasteiger partial charge is 0.346 e. The fourth-order valence-electron chi connectivity index (χ4n) is 2.72. The van der Waals surface area contributed by atoms with E-state index in [0.717, 1.165) is 11.3 Å². The Morgan fingerprint density at radius 3 is 2.63 bits per heavy atom. The second kappa shape index (κ2) is 8.97. The van der Waals surface area contributed by atoms with Crippen molar-refractivity contribution < 1.29 is 9.59 Å². The summed E-state index contributed by atoms with van der Waals surface area (Å²) in [5.74, 6) is 0.469. The van der Waals surface area contributed by atoms with E-state index in [-0.39, 0.29) is 30.6 Å². The number of carbonyl (C=O) groups excluding carboxylic acids is 2. The predicted molar refractivity (Wildman–Crippen MR) is 108 cm³/mol. The fraction of sp³-hybridized carbons (Fsp3) is 0.250. The molecule has 0 saturated carbocycles. The van der Waals surface area contributed by atoms with Crippen LogP contribution in [-0.2, 0) is 4.79 Å². The van der Waals surface area contributed by atoms with Gasteiger partial charge in [0.15, 0.2) is 5.78 Å². The van der Waals surface area contributed by atoms with Crippen molar-refractivity contribution in [3.05, 3.63) is 63.7 Å². The lowest BCUT2D eigenvalue weighted by molar-refractivity contribution is -0.121. The molecule has 140 valence electrons. The van der Waals surface area contributed by atoms with Crippen molar-refractivity contribution in [3.63, 3.8) is 0 Å². The Hall–Kier alpha value is -2.44. The molecule has 1 aromatic carbocycles. The first-order valence-electron chi connectivity index (χ1n) is 8.75. The van der Waals surface area contributed by atoms with Gasteiger partial charge in [0.25, 0.3) is 0 Å². The van der Waals surface area contributed by atoms with Gasteiger partial charge in [0.05, 0.1) is 27.1 Å². The molecule has 0 aliphatic heterocycles. The third kappa shape index (κ3) is 5.05. The van der Waals surface area contributed by atoms with Crippen LogP contribution in [0.15, 0.2) is 48.7 Å². The Labute approximate surface area is 166 Å². The monoisotopic (exact) mass is 401 g/mol. The zero-order valence-corrected chi connectivity index (χ0v) is 16.4. The summed E-state index contributed by atoms with van der Waals surface area (Å²) in [6.07, 6.45) is 2.76. The maximum absolute atomic E-state index is 12.3. The zero-order valence-electron chi connectivity index (χ0n) is 14.9. The second-order valence-electron chi connectivity index (χ2n) is 6.10. The van der Waals surface area contributed by atoms with E-state index in [1.165, 1.54) is 11.3 Å². The number of aromatic amines is 1. The molecule has 2 aromatic heterocycles. The highest BCUT2D eigenvalue weighted by atomic mass is 35.5. The van der Waals surface area contributed by atoms with Crippen molar-refractivity contribution in [1.82, 2.24) is 15.3 Å². The molecule has 5 nitrogen and oxygen atoms in total. The van der Waals surface area contributed by atoms with Crippen LogP contribution in [0.25, 0.3) is 11.3 Å². The molecule has 0 aliphatic carbocycles. The standard InChI is InChI=1S/C20H20ClN3O2S/c1-2-14(20-22-12-15(24-20)13-6-4-3-5-7-13)23-19(26)11-8-16(25)17-9-10-18(21)27-17/h3-7,9-10,12,14H,2,8,11H2,1H3,(H,22,24)(H,23,26). The number of imidazole rings is 1. The van der Waals surface area contributed by atoms with E-state index in [2.05, 4.69) is 15.3 Å². The minimum absolute atomic E-state index is 0.0699. The van der Waals surface area contributed by atoms with Crippen LogP contribution in [0.4, 0.5) is 0 Å². The number of aromatic nitrogens is 2. The summed E-state index contributed by atoms with van der Waals surface area (Å²) in [5.41, 5.74) is 1.95. The van der Waals surface area contributed by atoms with Gasteiger partial charge in [-0.3, -0.25) is 9.59 Å². The SMILES string of the molecule is CCC(NC(=O)CCC(=O)c1ccc(Cl)s1)c1ncc(-c2ccccc2)[nH]1. The molecule has 1 amide bonds. The zero-order chi connectivity index (χ0) is 19.2. The highest BCUT2D eigenvalue weighted by Gasteiger charge is 2.18. The summed E-state index contributed by atoms with van der Waals surface area (Å²) in [6.45, 7) is 1.98. The summed E-state index contributed by atoms with van der Waals surface area (Å²) in [4.78, 5) is 32.6. The number of amides is 1. The van der Waals surface area contributed by atoms with E-state index < -0.39 is 0 Å². The second-order valence-corrected chi connectivity index (χ2v) is 7.82. The summed E-state index contributed by atoms with van der Waals surface area (Å²) >= 11 is 7.08. The molecule has 1 atom stereocenters. The number of nitrogens with one attached hydrogen (secondary N) is 2. The maximum atomic E-state index is 12.3. The van der Waals surface area contributed by atoms with E-state index in [1.54, 1.807) is 18.3 Å². The number of ketones is 1. The average molecular weight is 402 g/mol. The normalized spacial score (nSPS) is 11.9. The Bertz CT molecular complexity index is 920. The number of carbonyl (C=O) groups is 2. The third-order valence-electron chi connectivity index (χ3n) is 4.18. The van der Waals surface area contributed by atoms with Gasteiger partial charge in [-0.15, -0.1) is 11.3 Å². The van der Waals surface area contributed by atoms with Crippen LogP contribution in [0.2, 0.25) is 4.34 Å². The van der Waals surface area contributed by atoms with Gasteiger partial charge in [-0.05, 0) is 24.1 Å². The molecule has 2 N–H and O–H groups in total. The first-order valence-corrected chi connectivity index (χ1v) is 9.94. The van der Waals surface area contributed by atoms with Gasteiger partial charge in [-0.1, -0.05) is 48.9 Å². The highest BCUT2D eigenvalue weighted by Crippen LogP contribution is 2.23. The number of benzene rings is 1. The predicted octanol–water partition coefficient (Wildman–Crippen LogP) is 5.02. The molecular weight excluding hydrogens is 382 g/mol. The first kappa shape index (κ1) is 19.3. The number of thiophene rings is 1. The van der Waals surface area contributed by atoms with Crippen molar-refractivity contribution in [2.24, 2.45) is 0 Å². The van der Waals surface area contributed by atoms with Crippen LogP contribution < -0.4 is 5.32 Å². The van der Waals surface area contributed by atoms with Crippen LogP contribution in [0.1, 0.15) is 47.7 Å². The minimum atomic E-state index is -0.221. The van der Waals surface area contributed by atoms with E-state index in [1.807, 2.05) is 37.3 Å². The van der Waals surface area contributed by atoms with Crippen LogP contribution in [0, 0.1) is 0 Å². The van der Waals surface area contributed by atoms with Crippen molar-refractivity contribution in [2.45, 2.75) is 32.2 Å². The minimum Gasteiger partial charge on any atom is -0.346 e. The van der Waals surface area contributed by atoms with E-state index in [9.17, 15) is 9.59 Å². The van der Waals surface area contributed by atoms with Gasteiger partial charge in [-0.2, -0.15) is 0 Å². The van der Waals surface area contributed by atoms with Gasteiger partial charge in [0, 0.05) is 12.8 Å². The van der Waals surface area contributed by atoms with E-state index >= 15 is 0 Å². The summed E-state index contributed by atoms with van der Waals surface area (Å²) < 4.78 is 0.570. The molecule has 0 radical (unpaired) electrons. The van der Waals surface area contributed by atoms with Crippen LogP contribution in [-0.4, -0.2) is 21.7 Å². The number of H-pyrrole nitrogens is 1. The lowest BCUT2D eigenvalue weighted by atomic mass is 10.1. The molecule has 7 heteroatoms. The quantitative estimate of drug-likeness (QED) is 0.520. The van der Waals surface area contributed by atoms with Crippen molar-refractivity contribution in [1.29, 1.82) is 0 Å². The van der Waals surface area contributed by atoms with Crippen molar-refractivity contribution >= 4 is 34.6 Å². The average Bonchev–Trinajstić information content (AvgIpc) is 3.34. The van der Waals surface area contributed by atoms with Crippen molar-refractivity contribution in [2.75, 3.05) is 0 Å². The molecule has 3 rings (SSSR count). The molecule has 1 unspecified atom stereocenters. The maximum Gasteiger partial charge on any atom is 0.221 e. The smallest absolute Gasteiger partial charge is 0.221 e. The Balaban J connectivity index is 1.57. The van der Waals surface area contributed by atoms with Gasteiger partial charge in [-0.25, -0.2) is 4.98 Å². The number of hydrogen-bond donors (Lipinski definition) is 2. The third-order valence-corrected chi connectivity index (χ3v) is 5.45. The van der Waals surface area contributed by atoms with E-state index in [4.69, 9.17) is 11.6 Å². The van der Waals surface area contributed by atoms with E-state index in [0.29, 0.717) is 21.5 Å². The molecule has 0 fully saturated rings. The van der Waals surface area contributed by atoms with Crippen LogP contribution >= 0.6 is 22.9 Å². The molecule has 2 heterocycles. The number of hydrogen-bond acceptors (Lipinski definition) is 4. The Morgan fingerprint density at radius 2 is 1.96 bits per heavy atom. The first-order chi connectivity index (χ1) is 13.1. The highest BCUT2D eigenvalue weighted by molar-refractivity contribution is 7.18. The van der Waals surface area contributed by atoms with Gasteiger partial charge < -0.3 is 10.3 Å². The van der Waals surface area contributed by atoms with Crippen LogP contribution in [0.3, 0.4) is 0 Å². The van der Waals surface area contributed by atoms with Gasteiger partial charge in [0.1, 0.15) is 5.82 Å². The lowest BCUT2D eigenvalue weighted by Gasteiger charge is -2.14. The van der Waals surface area contributed by atoms with Gasteiger partial charge in [0.2, 0.25) is 5.91 Å². The summed E-state index contributed by atoms with van der Waals surface area (Å²) in [6, 6.07) is 13.0. The molecule has 0 bridgehead atoms. The molecule has 0 saturated heterocycles. The Morgan fingerprint density at radius 1 is 1.19 bits per heavy atom. The molecule has 3 aromatic rings. The number of halogens is 1. The Kier molecular flexibility index (Phi) is 6.42. The fourth-order valence-corrected chi connectivity index (χ4v) is 3.73. The molecule has 27 heavy (non-hydrogen) atoms. The number of rotatable bonds is 8. The number of Topliss-reactive ketones (excluding diaryl/α,β-unsaturated/α-hetero) is 1. The lowest BCUT2D eigenvalue weighted by Crippen LogP contribution is -2.29. The van der Waals surface area contributed by atoms with Gasteiger partial charge >= 0.3 is 0 Å². The molecule has 0 aliphatic rings. The molecular formula is C20H20ClN3O2S.